The molecule has 1 N–H and O–H groups in total. The van der Waals surface area contributed by atoms with Crippen LogP contribution >= 0.6 is 0 Å². The molecule has 6 nitrogen and oxygen atoms in total. The number of rotatable bonds is 4. The van der Waals surface area contributed by atoms with Crippen molar-refractivity contribution in [1.82, 2.24) is 10.2 Å². The number of ether oxygens (including phenoxy) is 2. The van der Waals surface area contributed by atoms with Crippen molar-refractivity contribution >= 4 is 12.1 Å². The Morgan fingerprint density at radius 2 is 1.68 bits per heavy atom. The summed E-state index contributed by atoms with van der Waals surface area (Å²) >= 11 is 0. The number of carbonyl (C=O) groups is 2. The van der Waals surface area contributed by atoms with E-state index in [0.29, 0.717) is 13.1 Å². The van der Waals surface area contributed by atoms with E-state index in [4.69, 9.17) is 9.47 Å². The summed E-state index contributed by atoms with van der Waals surface area (Å²) in [7, 11) is 0. The molecular formula is C16H30N2O4. The van der Waals surface area contributed by atoms with Crippen molar-refractivity contribution < 1.29 is 19.1 Å². The molecule has 1 saturated heterocycles. The zero-order valence-corrected chi connectivity index (χ0v) is 14.7. The lowest BCUT2D eigenvalue weighted by Gasteiger charge is -2.28. The number of hydrogen-bond donors (Lipinski definition) is 1. The predicted molar refractivity (Wildman–Crippen MR) is 84.7 cm³/mol. The van der Waals surface area contributed by atoms with Gasteiger partial charge in [0.25, 0.3) is 0 Å². The van der Waals surface area contributed by atoms with Gasteiger partial charge in [-0.25, -0.2) is 4.79 Å². The van der Waals surface area contributed by atoms with E-state index in [2.05, 4.69) is 5.32 Å². The Morgan fingerprint density at radius 1 is 1.09 bits per heavy atom. The molecule has 0 spiro atoms. The van der Waals surface area contributed by atoms with Crippen molar-refractivity contribution in [3.8, 4) is 0 Å². The second-order valence-corrected chi connectivity index (χ2v) is 7.69. The number of likely N-dealkylation sites (tertiary alicyclic amines) is 1. The zero-order chi connectivity index (χ0) is 17.0. The minimum atomic E-state index is -0.492. The van der Waals surface area contributed by atoms with Crippen molar-refractivity contribution in [2.45, 2.75) is 71.6 Å². The molecule has 1 heterocycles. The van der Waals surface area contributed by atoms with Crippen LogP contribution in [0, 0.1) is 0 Å². The smallest absolute Gasteiger partial charge is 0.410 e. The van der Waals surface area contributed by atoms with Crippen molar-refractivity contribution in [1.29, 1.82) is 0 Å². The molecule has 0 aromatic heterocycles. The summed E-state index contributed by atoms with van der Waals surface area (Å²) in [5, 5.41) is 3.07. The van der Waals surface area contributed by atoms with Gasteiger partial charge < -0.3 is 19.7 Å². The second kappa shape index (κ2) is 7.31. The molecule has 0 aromatic rings. The maximum Gasteiger partial charge on any atom is 0.410 e. The molecule has 1 amide bonds. The van der Waals surface area contributed by atoms with E-state index in [0.717, 1.165) is 12.8 Å². The van der Waals surface area contributed by atoms with E-state index in [1.165, 1.54) is 0 Å². The monoisotopic (exact) mass is 314 g/mol. The van der Waals surface area contributed by atoms with Crippen LogP contribution in [0.15, 0.2) is 0 Å². The van der Waals surface area contributed by atoms with Crippen LogP contribution in [0.3, 0.4) is 0 Å². The van der Waals surface area contributed by atoms with Crippen LogP contribution in [0.5, 0.6) is 0 Å². The number of hydrogen-bond acceptors (Lipinski definition) is 5. The van der Waals surface area contributed by atoms with Crippen molar-refractivity contribution in [3.63, 3.8) is 0 Å². The van der Waals surface area contributed by atoms with Gasteiger partial charge in [-0.15, -0.1) is 0 Å². The van der Waals surface area contributed by atoms with Gasteiger partial charge in [-0.3, -0.25) is 4.79 Å². The molecule has 1 atom stereocenters. The molecule has 0 aliphatic carbocycles. The summed E-state index contributed by atoms with van der Waals surface area (Å²) in [5.74, 6) is -0.283. The summed E-state index contributed by atoms with van der Waals surface area (Å²) in [4.78, 5) is 25.5. The largest absolute Gasteiger partial charge is 0.459 e. The first-order valence-corrected chi connectivity index (χ1v) is 7.90. The highest BCUT2D eigenvalue weighted by Crippen LogP contribution is 2.20. The third-order valence-electron chi connectivity index (χ3n) is 3.07. The van der Waals surface area contributed by atoms with Crippen LogP contribution in [0.1, 0.15) is 54.4 Å². The lowest BCUT2D eigenvalue weighted by atomic mass is 10.2. The van der Waals surface area contributed by atoms with Gasteiger partial charge in [-0.05, 0) is 54.4 Å². The van der Waals surface area contributed by atoms with Crippen LogP contribution in [0.2, 0.25) is 0 Å². The van der Waals surface area contributed by atoms with Gasteiger partial charge >= 0.3 is 12.1 Å². The summed E-state index contributed by atoms with van der Waals surface area (Å²) in [6.07, 6.45) is 1.59. The third kappa shape index (κ3) is 7.11. The molecule has 1 aliphatic heterocycles. The van der Waals surface area contributed by atoms with Crippen LogP contribution in [-0.4, -0.2) is 53.8 Å². The lowest BCUT2D eigenvalue weighted by molar-refractivity contribution is -0.153. The maximum absolute atomic E-state index is 12.1. The van der Waals surface area contributed by atoms with E-state index in [-0.39, 0.29) is 24.6 Å². The molecule has 0 saturated carbocycles. The van der Waals surface area contributed by atoms with Crippen LogP contribution in [0.4, 0.5) is 4.79 Å². The number of esters is 1. The van der Waals surface area contributed by atoms with Gasteiger partial charge in [0.1, 0.15) is 11.2 Å². The first-order valence-electron chi connectivity index (χ1n) is 7.90. The average molecular weight is 314 g/mol. The summed E-state index contributed by atoms with van der Waals surface area (Å²) in [6, 6.07) is 0.0669. The molecule has 0 bridgehead atoms. The molecule has 6 heteroatoms. The normalized spacial score (nSPS) is 19.2. The van der Waals surface area contributed by atoms with Crippen LogP contribution in [0.25, 0.3) is 0 Å². The Balaban J connectivity index is 2.38. The highest BCUT2D eigenvalue weighted by Gasteiger charge is 2.32. The first-order chi connectivity index (χ1) is 9.98. The second-order valence-electron chi connectivity index (χ2n) is 7.69. The van der Waals surface area contributed by atoms with E-state index in [1.54, 1.807) is 4.90 Å². The topological polar surface area (TPSA) is 67.9 Å². The van der Waals surface area contributed by atoms with E-state index < -0.39 is 11.2 Å². The van der Waals surface area contributed by atoms with Gasteiger partial charge in [0.2, 0.25) is 0 Å². The summed E-state index contributed by atoms with van der Waals surface area (Å²) in [5.41, 5.74) is -0.969. The van der Waals surface area contributed by atoms with Crippen molar-refractivity contribution in [3.05, 3.63) is 0 Å². The minimum absolute atomic E-state index is 0.0669. The Kier molecular flexibility index (Phi) is 6.23. The molecule has 0 radical (unpaired) electrons. The molecule has 1 fully saturated rings. The van der Waals surface area contributed by atoms with E-state index in [1.807, 2.05) is 41.5 Å². The average Bonchev–Trinajstić information content (AvgIpc) is 2.72. The molecule has 0 aromatic carbocycles. The Labute approximate surface area is 133 Å². The molecule has 1 rings (SSSR count). The highest BCUT2D eigenvalue weighted by molar-refractivity contribution is 5.72. The number of nitrogens with one attached hydrogen (secondary N) is 1. The predicted octanol–water partition coefficient (Wildman–Crippen LogP) is 2.32. The Hall–Kier alpha value is -1.30. The third-order valence-corrected chi connectivity index (χ3v) is 3.07. The number of amides is 1. The zero-order valence-electron chi connectivity index (χ0n) is 14.7. The Bertz CT molecular complexity index is 396. The van der Waals surface area contributed by atoms with Gasteiger partial charge in [0, 0.05) is 19.1 Å². The van der Waals surface area contributed by atoms with Crippen LogP contribution < -0.4 is 5.32 Å². The number of carbonyl (C=O) groups excluding carboxylic acids is 2. The fraction of sp³-hybridized carbons (Fsp3) is 0.875. The standard InChI is InChI=1S/C16H30N2O4/c1-15(2,3)21-13(19)11-17-10-12-8-7-9-18(12)14(20)22-16(4,5)6/h12,17H,7-11H2,1-6H3. The first kappa shape index (κ1) is 18.7. The number of nitrogens with zero attached hydrogens (tertiary/aromatic N) is 1. The van der Waals surface area contributed by atoms with Crippen LogP contribution in [-0.2, 0) is 14.3 Å². The minimum Gasteiger partial charge on any atom is -0.459 e. The molecule has 22 heavy (non-hydrogen) atoms. The van der Waals surface area contributed by atoms with Gasteiger partial charge in [-0.1, -0.05) is 0 Å². The summed E-state index contributed by atoms with van der Waals surface area (Å²) < 4.78 is 10.6. The van der Waals surface area contributed by atoms with E-state index >= 15 is 0 Å². The Morgan fingerprint density at radius 3 is 2.23 bits per heavy atom. The van der Waals surface area contributed by atoms with Crippen molar-refractivity contribution in [2.75, 3.05) is 19.6 Å². The van der Waals surface area contributed by atoms with Crippen molar-refractivity contribution in [2.24, 2.45) is 0 Å². The SMILES string of the molecule is CC(C)(C)OC(=O)CNCC1CCCN1C(=O)OC(C)(C)C. The van der Waals surface area contributed by atoms with E-state index in [9.17, 15) is 9.59 Å². The fourth-order valence-electron chi connectivity index (χ4n) is 2.33. The molecule has 128 valence electrons. The van der Waals surface area contributed by atoms with Gasteiger partial charge in [-0.2, -0.15) is 0 Å². The highest BCUT2D eigenvalue weighted by atomic mass is 16.6. The maximum atomic E-state index is 12.1. The van der Waals surface area contributed by atoms with Gasteiger partial charge in [0.05, 0.1) is 6.54 Å². The fourth-order valence-corrected chi connectivity index (χ4v) is 2.33. The quantitative estimate of drug-likeness (QED) is 0.807. The molecule has 1 aliphatic rings. The molecular weight excluding hydrogens is 284 g/mol. The van der Waals surface area contributed by atoms with Gasteiger partial charge in [0.15, 0.2) is 0 Å². The molecule has 1 unspecified atom stereocenters. The summed E-state index contributed by atoms with van der Waals surface area (Å²) in [6.45, 7) is 12.5. The lowest BCUT2D eigenvalue weighted by Crippen LogP contribution is -2.45.